The Morgan fingerprint density at radius 2 is 2.00 bits per heavy atom. The Labute approximate surface area is 164 Å². The lowest BCUT2D eigenvalue weighted by atomic mass is 9.76. The van der Waals surface area contributed by atoms with Crippen molar-refractivity contribution in [1.82, 2.24) is 9.88 Å². The lowest BCUT2D eigenvalue weighted by Crippen LogP contribution is -2.40. The largest absolute Gasteiger partial charge is 0.450 e. The van der Waals surface area contributed by atoms with Gasteiger partial charge in [0.05, 0.1) is 12.3 Å². The molecule has 1 aromatic heterocycles. The monoisotopic (exact) mass is 382 g/mol. The average Bonchev–Trinajstić information content (AvgIpc) is 2.85. The molecule has 1 unspecified atom stereocenters. The first-order chi connectivity index (χ1) is 13.2. The molecule has 1 aliphatic carbocycles. The maximum atomic E-state index is 12.0. The van der Waals surface area contributed by atoms with Gasteiger partial charge in [-0.15, -0.1) is 0 Å². The lowest BCUT2D eigenvalue weighted by molar-refractivity contribution is 0.0900. The van der Waals surface area contributed by atoms with Crippen LogP contribution in [0.4, 0.5) is 4.79 Å². The summed E-state index contributed by atoms with van der Waals surface area (Å²) in [5.74, 6) is 0.622. The van der Waals surface area contributed by atoms with Crippen molar-refractivity contribution in [3.05, 3.63) is 63.9 Å². The van der Waals surface area contributed by atoms with Crippen LogP contribution < -0.4 is 0 Å². The average molecular weight is 383 g/mol. The fourth-order valence-electron chi connectivity index (χ4n) is 4.24. The number of rotatable bonds is 2. The van der Waals surface area contributed by atoms with Crippen LogP contribution in [0, 0.1) is 5.92 Å². The van der Waals surface area contributed by atoms with E-state index in [4.69, 9.17) is 21.3 Å². The number of nitrogens with zero attached hydrogens (tertiary/aromatic N) is 2. The summed E-state index contributed by atoms with van der Waals surface area (Å²) in [7, 11) is 0. The molecule has 4 rings (SSSR count). The van der Waals surface area contributed by atoms with E-state index in [1.165, 1.54) is 5.56 Å². The van der Waals surface area contributed by atoms with Gasteiger partial charge in [0.2, 0.25) is 0 Å². The Kier molecular flexibility index (Phi) is 5.17. The van der Waals surface area contributed by atoms with Gasteiger partial charge in [0.15, 0.2) is 0 Å². The summed E-state index contributed by atoms with van der Waals surface area (Å²) in [6.07, 6.45) is 7.79. The van der Waals surface area contributed by atoms with E-state index in [-0.39, 0.29) is 12.0 Å². The number of piperidine rings is 1. The predicted molar refractivity (Wildman–Crippen MR) is 108 cm³/mol. The third-order valence-electron chi connectivity index (χ3n) is 5.53. The topological polar surface area (TPSA) is 42.4 Å². The van der Waals surface area contributed by atoms with Crippen LogP contribution in [-0.4, -0.2) is 35.7 Å². The van der Waals surface area contributed by atoms with Crippen molar-refractivity contribution < 1.29 is 9.53 Å². The molecule has 0 radical (unpaired) electrons. The molecule has 2 heterocycles. The van der Waals surface area contributed by atoms with E-state index in [0.29, 0.717) is 12.5 Å². The standard InChI is InChI=1S/C22H23ClN2O2/c1-2-27-22(26)25-12-9-15(10-13-25)20-19-8-7-18(23)14-17(19)6-5-16-4-3-11-24-21(16)20/h3-8,11,14-15,20H,2,9-10,12-13H2,1H3. The highest BCUT2D eigenvalue weighted by Crippen LogP contribution is 2.42. The normalized spacial score (nSPS) is 19.2. The molecule has 1 fully saturated rings. The number of ether oxygens (including phenoxy) is 1. The molecule has 2 aromatic rings. The molecule has 27 heavy (non-hydrogen) atoms. The Hall–Kier alpha value is -2.33. The van der Waals surface area contributed by atoms with E-state index in [1.54, 1.807) is 0 Å². The molecule has 1 aliphatic heterocycles. The zero-order valence-corrected chi connectivity index (χ0v) is 16.2. The summed E-state index contributed by atoms with van der Waals surface area (Å²) < 4.78 is 5.16. The van der Waals surface area contributed by atoms with Crippen LogP contribution in [-0.2, 0) is 4.74 Å². The highest BCUT2D eigenvalue weighted by molar-refractivity contribution is 6.30. The number of aromatic nitrogens is 1. The molecular formula is C22H23ClN2O2. The summed E-state index contributed by atoms with van der Waals surface area (Å²) in [6.45, 7) is 3.70. The molecule has 0 saturated carbocycles. The molecule has 0 spiro atoms. The van der Waals surface area contributed by atoms with Crippen LogP contribution in [0.1, 0.15) is 48.1 Å². The number of hydrogen-bond acceptors (Lipinski definition) is 3. The second kappa shape index (κ2) is 7.73. The van der Waals surface area contributed by atoms with E-state index >= 15 is 0 Å². The van der Waals surface area contributed by atoms with Crippen LogP contribution in [0.15, 0.2) is 36.5 Å². The number of carbonyl (C=O) groups excluding carboxylic acids is 1. The second-order valence-corrected chi connectivity index (χ2v) is 7.52. The molecule has 0 bridgehead atoms. The maximum Gasteiger partial charge on any atom is 0.409 e. The van der Waals surface area contributed by atoms with Gasteiger partial charge < -0.3 is 9.64 Å². The first kappa shape index (κ1) is 18.1. The second-order valence-electron chi connectivity index (χ2n) is 7.09. The molecule has 140 valence electrons. The van der Waals surface area contributed by atoms with Gasteiger partial charge in [0.25, 0.3) is 0 Å². The highest BCUT2D eigenvalue weighted by atomic mass is 35.5. The number of likely N-dealkylation sites (tertiary alicyclic amines) is 1. The summed E-state index contributed by atoms with van der Waals surface area (Å²) >= 11 is 6.25. The fraction of sp³-hybridized carbons (Fsp3) is 0.364. The first-order valence-electron chi connectivity index (χ1n) is 9.51. The third-order valence-corrected chi connectivity index (χ3v) is 5.76. The van der Waals surface area contributed by atoms with Gasteiger partial charge >= 0.3 is 6.09 Å². The van der Waals surface area contributed by atoms with Crippen LogP contribution in [0.2, 0.25) is 5.02 Å². The van der Waals surface area contributed by atoms with Crippen molar-refractivity contribution in [2.45, 2.75) is 25.7 Å². The lowest BCUT2D eigenvalue weighted by Gasteiger charge is -2.36. The van der Waals surface area contributed by atoms with Gasteiger partial charge in [-0.3, -0.25) is 4.98 Å². The van der Waals surface area contributed by atoms with Gasteiger partial charge in [0.1, 0.15) is 0 Å². The molecule has 0 N–H and O–H groups in total. The van der Waals surface area contributed by atoms with Crippen molar-refractivity contribution in [2.24, 2.45) is 5.92 Å². The summed E-state index contributed by atoms with van der Waals surface area (Å²) in [5, 5.41) is 0.744. The minimum atomic E-state index is -0.204. The van der Waals surface area contributed by atoms with Gasteiger partial charge in [-0.05, 0) is 60.6 Å². The van der Waals surface area contributed by atoms with Gasteiger partial charge in [-0.2, -0.15) is 0 Å². The van der Waals surface area contributed by atoms with E-state index < -0.39 is 0 Å². The zero-order chi connectivity index (χ0) is 18.8. The van der Waals surface area contributed by atoms with Gasteiger partial charge in [-0.1, -0.05) is 35.9 Å². The van der Waals surface area contributed by atoms with Crippen LogP contribution in [0.5, 0.6) is 0 Å². The van der Waals surface area contributed by atoms with Gasteiger partial charge in [-0.25, -0.2) is 4.79 Å². The molecule has 2 aliphatic rings. The number of halogens is 1. The highest BCUT2D eigenvalue weighted by Gasteiger charge is 2.34. The number of hydrogen-bond donors (Lipinski definition) is 0. The van der Waals surface area contributed by atoms with Gasteiger partial charge in [0, 0.05) is 30.2 Å². The number of amides is 1. The third kappa shape index (κ3) is 3.59. The Balaban J connectivity index is 1.66. The number of carbonyl (C=O) groups is 1. The maximum absolute atomic E-state index is 12.0. The van der Waals surface area contributed by atoms with E-state index in [2.05, 4.69) is 24.3 Å². The first-order valence-corrected chi connectivity index (χ1v) is 9.89. The van der Waals surface area contributed by atoms with E-state index in [9.17, 15) is 4.79 Å². The minimum absolute atomic E-state index is 0.202. The van der Waals surface area contributed by atoms with Crippen LogP contribution in [0.25, 0.3) is 12.2 Å². The Morgan fingerprint density at radius 1 is 1.22 bits per heavy atom. The fourth-order valence-corrected chi connectivity index (χ4v) is 4.42. The quantitative estimate of drug-likeness (QED) is 0.715. The SMILES string of the molecule is CCOC(=O)N1CCC(C2c3ccc(Cl)cc3C=Cc3cccnc32)CC1. The molecular weight excluding hydrogens is 360 g/mol. The van der Waals surface area contributed by atoms with Crippen molar-refractivity contribution in [1.29, 1.82) is 0 Å². The van der Waals surface area contributed by atoms with Crippen molar-refractivity contribution >= 4 is 29.8 Å². The van der Waals surface area contributed by atoms with E-state index in [1.807, 2.05) is 36.2 Å². The smallest absolute Gasteiger partial charge is 0.409 e. The molecule has 5 heteroatoms. The summed E-state index contributed by atoms with van der Waals surface area (Å²) in [5.41, 5.74) is 4.69. The minimum Gasteiger partial charge on any atom is -0.450 e. The van der Waals surface area contributed by atoms with Crippen LogP contribution in [0.3, 0.4) is 0 Å². The molecule has 4 nitrogen and oxygen atoms in total. The molecule has 1 atom stereocenters. The van der Waals surface area contributed by atoms with Crippen molar-refractivity contribution in [3.63, 3.8) is 0 Å². The Morgan fingerprint density at radius 3 is 2.78 bits per heavy atom. The molecule has 1 saturated heterocycles. The van der Waals surface area contributed by atoms with Crippen molar-refractivity contribution in [2.75, 3.05) is 19.7 Å². The number of fused-ring (bicyclic) bond motifs is 2. The van der Waals surface area contributed by atoms with Crippen LogP contribution >= 0.6 is 11.6 Å². The van der Waals surface area contributed by atoms with E-state index in [0.717, 1.165) is 47.8 Å². The number of benzene rings is 1. The number of pyridine rings is 1. The molecule has 1 amide bonds. The summed E-state index contributed by atoms with van der Waals surface area (Å²) in [6, 6.07) is 10.2. The van der Waals surface area contributed by atoms with Crippen molar-refractivity contribution in [3.8, 4) is 0 Å². The molecule has 1 aromatic carbocycles. The summed E-state index contributed by atoms with van der Waals surface area (Å²) in [4.78, 5) is 18.6. The predicted octanol–water partition coefficient (Wildman–Crippen LogP) is 5.22. The zero-order valence-electron chi connectivity index (χ0n) is 15.4. The Bertz CT molecular complexity index is 872.